The lowest BCUT2D eigenvalue weighted by Gasteiger charge is -2.12. The molecule has 0 radical (unpaired) electrons. The number of benzene rings is 2. The number of anilines is 1. The van der Waals surface area contributed by atoms with E-state index in [4.69, 9.17) is 0 Å². The number of para-hydroxylation sites is 1. The van der Waals surface area contributed by atoms with E-state index in [0.717, 1.165) is 16.9 Å². The molecule has 0 bridgehead atoms. The number of nitro groups is 1. The Morgan fingerprint density at radius 3 is 2.67 bits per heavy atom. The minimum Gasteiger partial charge on any atom is -0.375 e. The first kappa shape index (κ1) is 18.1. The molecule has 8 nitrogen and oxygen atoms in total. The molecule has 0 saturated heterocycles. The molecule has 8 heteroatoms. The average Bonchev–Trinajstić information content (AvgIpc) is 3.12. The van der Waals surface area contributed by atoms with Crippen LogP contribution in [0.1, 0.15) is 21.6 Å². The van der Waals surface area contributed by atoms with Gasteiger partial charge in [-0.2, -0.15) is 5.10 Å². The van der Waals surface area contributed by atoms with Crippen LogP contribution in [0.25, 0.3) is 5.69 Å². The van der Waals surface area contributed by atoms with E-state index in [1.807, 2.05) is 43.5 Å². The summed E-state index contributed by atoms with van der Waals surface area (Å²) >= 11 is 0. The van der Waals surface area contributed by atoms with Crippen LogP contribution in [-0.4, -0.2) is 27.7 Å². The van der Waals surface area contributed by atoms with Gasteiger partial charge in [0.25, 0.3) is 11.6 Å². The van der Waals surface area contributed by atoms with Crippen LogP contribution in [0.3, 0.4) is 0 Å². The Bertz CT molecular complexity index is 997. The second-order valence-corrected chi connectivity index (χ2v) is 5.95. The van der Waals surface area contributed by atoms with Crippen molar-refractivity contribution in [3.05, 3.63) is 81.7 Å². The Morgan fingerprint density at radius 1 is 1.22 bits per heavy atom. The monoisotopic (exact) mass is 365 g/mol. The Morgan fingerprint density at radius 2 is 2.00 bits per heavy atom. The summed E-state index contributed by atoms with van der Waals surface area (Å²) in [5.74, 6) is -0.371. The second kappa shape index (κ2) is 7.69. The minimum absolute atomic E-state index is 0.150. The molecule has 0 aliphatic heterocycles. The van der Waals surface area contributed by atoms with Gasteiger partial charge < -0.3 is 10.6 Å². The van der Waals surface area contributed by atoms with Crippen molar-refractivity contribution in [2.75, 3.05) is 12.4 Å². The van der Waals surface area contributed by atoms with E-state index in [2.05, 4.69) is 15.7 Å². The number of carbonyl (C=O) groups is 1. The molecule has 0 aliphatic rings. The predicted molar refractivity (Wildman–Crippen MR) is 102 cm³/mol. The summed E-state index contributed by atoms with van der Waals surface area (Å²) in [4.78, 5) is 22.6. The number of nitrogens with zero attached hydrogens (tertiary/aromatic N) is 3. The Balaban J connectivity index is 1.87. The predicted octanol–water partition coefficient (Wildman–Crippen LogP) is 3.06. The topological polar surface area (TPSA) is 102 Å². The van der Waals surface area contributed by atoms with E-state index in [-0.39, 0.29) is 17.2 Å². The highest BCUT2D eigenvalue weighted by atomic mass is 16.6. The van der Waals surface area contributed by atoms with Gasteiger partial charge in [0.2, 0.25) is 0 Å². The van der Waals surface area contributed by atoms with E-state index >= 15 is 0 Å². The maximum absolute atomic E-state index is 11.7. The van der Waals surface area contributed by atoms with Gasteiger partial charge in [-0.05, 0) is 36.8 Å². The highest BCUT2D eigenvalue weighted by Gasteiger charge is 2.17. The van der Waals surface area contributed by atoms with Crippen molar-refractivity contribution in [3.63, 3.8) is 0 Å². The zero-order valence-corrected chi connectivity index (χ0v) is 15.0. The highest BCUT2D eigenvalue weighted by molar-refractivity contribution is 5.95. The van der Waals surface area contributed by atoms with E-state index in [0.29, 0.717) is 12.2 Å². The van der Waals surface area contributed by atoms with Crippen LogP contribution in [0.15, 0.2) is 54.7 Å². The molecular weight excluding hydrogens is 346 g/mol. The fourth-order valence-electron chi connectivity index (χ4n) is 2.74. The van der Waals surface area contributed by atoms with Crippen molar-refractivity contribution < 1.29 is 9.72 Å². The molecule has 0 spiro atoms. The number of nitrogens with one attached hydrogen (secondary N) is 2. The molecule has 27 heavy (non-hydrogen) atoms. The van der Waals surface area contributed by atoms with Crippen LogP contribution >= 0.6 is 0 Å². The number of rotatable bonds is 6. The van der Waals surface area contributed by atoms with Crippen molar-refractivity contribution in [2.45, 2.75) is 13.5 Å². The summed E-state index contributed by atoms with van der Waals surface area (Å²) < 4.78 is 1.77. The van der Waals surface area contributed by atoms with E-state index < -0.39 is 4.92 Å². The minimum atomic E-state index is -0.502. The third-order valence-corrected chi connectivity index (χ3v) is 4.11. The molecule has 138 valence electrons. The SMILES string of the molecule is CNC(=O)c1ccc(NCc2ccccc2-n2ccc(C)n2)c([N+](=O)[O-])c1. The van der Waals surface area contributed by atoms with Crippen molar-refractivity contribution >= 4 is 17.3 Å². The number of hydrogen-bond donors (Lipinski definition) is 2. The standard InChI is InChI=1S/C19H19N5O3/c1-13-9-10-23(22-13)17-6-4-3-5-15(17)12-21-16-8-7-14(19(25)20-2)11-18(16)24(26)27/h3-11,21H,12H2,1-2H3,(H,20,25). The molecule has 3 aromatic rings. The third-order valence-electron chi connectivity index (χ3n) is 4.11. The largest absolute Gasteiger partial charge is 0.375 e. The first-order chi connectivity index (χ1) is 13.0. The van der Waals surface area contributed by atoms with Gasteiger partial charge in [-0.1, -0.05) is 18.2 Å². The van der Waals surface area contributed by atoms with Crippen molar-refractivity contribution in [3.8, 4) is 5.69 Å². The number of hydrogen-bond acceptors (Lipinski definition) is 5. The summed E-state index contributed by atoms with van der Waals surface area (Å²) in [6.07, 6.45) is 1.87. The van der Waals surface area contributed by atoms with Crippen molar-refractivity contribution in [2.24, 2.45) is 0 Å². The van der Waals surface area contributed by atoms with Gasteiger partial charge in [-0.3, -0.25) is 14.9 Å². The van der Waals surface area contributed by atoms with E-state index in [1.165, 1.54) is 13.1 Å². The molecule has 2 aromatic carbocycles. The summed E-state index contributed by atoms with van der Waals surface area (Å²) in [6, 6.07) is 14.0. The molecule has 1 amide bonds. The highest BCUT2D eigenvalue weighted by Crippen LogP contribution is 2.27. The summed E-state index contributed by atoms with van der Waals surface area (Å²) in [7, 11) is 1.48. The first-order valence-corrected chi connectivity index (χ1v) is 8.34. The van der Waals surface area contributed by atoms with Crippen LogP contribution in [0, 0.1) is 17.0 Å². The van der Waals surface area contributed by atoms with Gasteiger partial charge >= 0.3 is 0 Å². The Kier molecular flexibility index (Phi) is 5.16. The van der Waals surface area contributed by atoms with Crippen LogP contribution in [0.2, 0.25) is 0 Å². The molecule has 0 atom stereocenters. The van der Waals surface area contributed by atoms with Gasteiger partial charge in [-0.25, -0.2) is 4.68 Å². The molecule has 0 saturated carbocycles. The maximum atomic E-state index is 11.7. The molecule has 1 aromatic heterocycles. The van der Waals surface area contributed by atoms with Crippen LogP contribution in [0.5, 0.6) is 0 Å². The van der Waals surface area contributed by atoms with Gasteiger partial charge in [0.1, 0.15) is 5.69 Å². The smallest absolute Gasteiger partial charge is 0.293 e. The summed E-state index contributed by atoms with van der Waals surface area (Å²) in [6.45, 7) is 2.28. The molecular formula is C19H19N5O3. The molecule has 0 fully saturated rings. The molecule has 0 aliphatic carbocycles. The third kappa shape index (κ3) is 3.95. The van der Waals surface area contributed by atoms with Gasteiger partial charge in [0, 0.05) is 31.4 Å². The Hall–Kier alpha value is -3.68. The first-order valence-electron chi connectivity index (χ1n) is 8.34. The lowest BCUT2D eigenvalue weighted by Crippen LogP contribution is -2.18. The molecule has 2 N–H and O–H groups in total. The fourth-order valence-corrected chi connectivity index (χ4v) is 2.74. The van der Waals surface area contributed by atoms with Gasteiger partial charge in [0.15, 0.2) is 0 Å². The molecule has 3 rings (SSSR count). The number of amides is 1. The average molecular weight is 365 g/mol. The van der Waals surface area contributed by atoms with Crippen molar-refractivity contribution in [1.29, 1.82) is 0 Å². The fraction of sp³-hybridized carbons (Fsp3) is 0.158. The van der Waals surface area contributed by atoms with Gasteiger partial charge in [-0.15, -0.1) is 0 Å². The number of nitro benzene ring substituents is 1. The number of carbonyl (C=O) groups excluding carboxylic acids is 1. The van der Waals surface area contributed by atoms with Crippen molar-refractivity contribution in [1.82, 2.24) is 15.1 Å². The Labute approximate surface area is 156 Å². The molecule has 1 heterocycles. The van der Waals surface area contributed by atoms with E-state index in [9.17, 15) is 14.9 Å². The number of aryl methyl sites for hydroxylation is 1. The lowest BCUT2D eigenvalue weighted by molar-refractivity contribution is -0.384. The van der Waals surface area contributed by atoms with Crippen LogP contribution < -0.4 is 10.6 Å². The lowest BCUT2D eigenvalue weighted by atomic mass is 10.1. The second-order valence-electron chi connectivity index (χ2n) is 5.95. The van der Waals surface area contributed by atoms with Gasteiger partial charge in [0.05, 0.1) is 16.3 Å². The zero-order chi connectivity index (χ0) is 19.4. The number of aromatic nitrogens is 2. The van der Waals surface area contributed by atoms with Crippen LogP contribution in [-0.2, 0) is 6.54 Å². The summed E-state index contributed by atoms with van der Waals surface area (Å²) in [5, 5.41) is 21.4. The summed E-state index contributed by atoms with van der Waals surface area (Å²) in [5.41, 5.74) is 3.16. The molecule has 0 unspecified atom stereocenters. The zero-order valence-electron chi connectivity index (χ0n) is 15.0. The van der Waals surface area contributed by atoms with Crippen LogP contribution in [0.4, 0.5) is 11.4 Å². The normalized spacial score (nSPS) is 10.4. The maximum Gasteiger partial charge on any atom is 0.293 e. The quantitative estimate of drug-likeness (QED) is 0.516. The van der Waals surface area contributed by atoms with E-state index in [1.54, 1.807) is 16.8 Å².